The smallest absolute Gasteiger partial charge is 0.250 e. The van der Waals surface area contributed by atoms with E-state index in [0.29, 0.717) is 15.8 Å². The Kier molecular flexibility index (Phi) is 7.94. The third-order valence-corrected chi connectivity index (χ3v) is 7.76. The zero-order chi connectivity index (χ0) is 28.6. The molecule has 9 heteroatoms. The monoisotopic (exact) mass is 573 g/mol. The van der Waals surface area contributed by atoms with Crippen LogP contribution < -0.4 is 15.5 Å². The molecule has 0 saturated carbocycles. The first-order valence-corrected chi connectivity index (χ1v) is 13.8. The molecule has 206 valence electrons. The summed E-state index contributed by atoms with van der Waals surface area (Å²) >= 11 is 12.6. The summed E-state index contributed by atoms with van der Waals surface area (Å²) in [7, 11) is 1.47. The molecule has 1 aliphatic heterocycles. The van der Waals surface area contributed by atoms with E-state index in [-0.39, 0.29) is 24.6 Å². The minimum Gasteiger partial charge on any atom is -0.375 e. The third-order valence-electron chi connectivity index (χ3n) is 7.13. The fourth-order valence-electron chi connectivity index (χ4n) is 5.59. The van der Waals surface area contributed by atoms with Gasteiger partial charge in [-0.1, -0.05) is 23.7 Å². The van der Waals surface area contributed by atoms with E-state index >= 15 is 0 Å². The predicted octanol–water partition coefficient (Wildman–Crippen LogP) is 6.52. The van der Waals surface area contributed by atoms with E-state index in [0.717, 1.165) is 34.0 Å². The molecule has 0 radical (unpaired) electrons. The Morgan fingerprint density at radius 2 is 1.80 bits per heavy atom. The van der Waals surface area contributed by atoms with Crippen LogP contribution >= 0.6 is 23.8 Å². The van der Waals surface area contributed by atoms with Crippen LogP contribution in [-0.2, 0) is 9.53 Å². The highest BCUT2D eigenvalue weighted by molar-refractivity contribution is 7.80. The van der Waals surface area contributed by atoms with Crippen molar-refractivity contribution in [1.29, 1.82) is 0 Å². The number of hydrogen-bond donors (Lipinski definition) is 2. The van der Waals surface area contributed by atoms with Crippen molar-refractivity contribution in [2.75, 3.05) is 23.9 Å². The zero-order valence-corrected chi connectivity index (χ0v) is 24.7. The standard InChI is InChI=1S/C31H32ClN5O2S/c1-18-12-19(2)14-23(13-18)36-20(3)15-24(21(36)4)30-29(27-8-6-7-11-33-27)35-31(40)37(30)22-9-10-26(25(32)16-22)34-28(38)17-39-5/h6-16,29-30H,17H2,1-5H3,(H,34,38)(H,35,40)/t29-,30+/m1/s1. The number of amides is 1. The molecule has 7 nitrogen and oxygen atoms in total. The van der Waals surface area contributed by atoms with Crippen molar-refractivity contribution >= 4 is 46.2 Å². The van der Waals surface area contributed by atoms with E-state index in [2.05, 4.69) is 77.0 Å². The Hall–Kier alpha value is -3.72. The fourth-order valence-corrected chi connectivity index (χ4v) is 6.15. The van der Waals surface area contributed by atoms with Crippen molar-refractivity contribution in [3.05, 3.63) is 106 Å². The second-order valence-corrected chi connectivity index (χ2v) is 10.9. The number of aryl methyl sites for hydroxylation is 3. The Bertz CT molecular complexity index is 1570. The van der Waals surface area contributed by atoms with Crippen LogP contribution in [0.2, 0.25) is 5.02 Å². The molecule has 2 aromatic heterocycles. The van der Waals surface area contributed by atoms with Gasteiger partial charge in [0.25, 0.3) is 0 Å². The lowest BCUT2D eigenvalue weighted by Gasteiger charge is -2.28. The van der Waals surface area contributed by atoms with E-state index in [4.69, 9.17) is 28.6 Å². The second-order valence-electron chi connectivity index (χ2n) is 10.1. The lowest BCUT2D eigenvalue weighted by Crippen LogP contribution is -2.29. The van der Waals surface area contributed by atoms with Gasteiger partial charge in [0.15, 0.2) is 5.11 Å². The molecule has 2 atom stereocenters. The number of nitrogens with one attached hydrogen (secondary N) is 2. The summed E-state index contributed by atoms with van der Waals surface area (Å²) in [5, 5.41) is 7.29. The molecule has 1 aliphatic rings. The molecule has 4 aromatic rings. The van der Waals surface area contributed by atoms with Crippen LogP contribution in [0.15, 0.2) is 66.9 Å². The average Bonchev–Trinajstić information content (AvgIpc) is 3.40. The van der Waals surface area contributed by atoms with Gasteiger partial charge in [0.05, 0.1) is 28.5 Å². The van der Waals surface area contributed by atoms with Crippen molar-refractivity contribution in [2.45, 2.75) is 39.8 Å². The number of nitrogens with zero attached hydrogens (tertiary/aromatic N) is 3. The molecule has 2 aromatic carbocycles. The summed E-state index contributed by atoms with van der Waals surface area (Å²) in [6.45, 7) is 8.46. The molecule has 1 amide bonds. The predicted molar refractivity (Wildman–Crippen MR) is 165 cm³/mol. The van der Waals surface area contributed by atoms with Crippen molar-refractivity contribution in [1.82, 2.24) is 14.9 Å². The fraction of sp³-hybridized carbons (Fsp3) is 0.258. The first-order valence-electron chi connectivity index (χ1n) is 13.0. The lowest BCUT2D eigenvalue weighted by atomic mass is 9.96. The number of pyridine rings is 1. The summed E-state index contributed by atoms with van der Waals surface area (Å²) < 4.78 is 7.22. The topological polar surface area (TPSA) is 71.4 Å². The number of aromatic nitrogens is 2. The van der Waals surface area contributed by atoms with Gasteiger partial charge in [0, 0.05) is 36.1 Å². The average molecular weight is 574 g/mol. The van der Waals surface area contributed by atoms with Gasteiger partial charge in [-0.25, -0.2) is 0 Å². The number of carbonyl (C=O) groups is 1. The molecule has 0 aliphatic carbocycles. The molecule has 1 saturated heterocycles. The maximum absolute atomic E-state index is 12.1. The van der Waals surface area contributed by atoms with Crippen LogP contribution in [0.1, 0.15) is 45.9 Å². The number of benzene rings is 2. The SMILES string of the molecule is COCC(=O)Nc1ccc(N2C(=S)N[C@H](c3ccccn3)[C@@H]2c2cc(C)n(-c3cc(C)cc(C)c3)c2C)cc1Cl. The van der Waals surface area contributed by atoms with Crippen LogP contribution in [0.25, 0.3) is 5.69 Å². The van der Waals surface area contributed by atoms with E-state index in [1.165, 1.54) is 18.2 Å². The molecule has 1 fully saturated rings. The molecule has 0 unspecified atom stereocenters. The van der Waals surface area contributed by atoms with Crippen LogP contribution in [-0.4, -0.2) is 34.3 Å². The number of anilines is 2. The Labute approximate surface area is 245 Å². The first kappa shape index (κ1) is 27.8. The van der Waals surface area contributed by atoms with Crippen LogP contribution in [0, 0.1) is 27.7 Å². The summed E-state index contributed by atoms with van der Waals surface area (Å²) in [4.78, 5) is 18.9. The summed E-state index contributed by atoms with van der Waals surface area (Å²) in [6, 6.07) is 19.9. The Morgan fingerprint density at radius 1 is 1.05 bits per heavy atom. The second kappa shape index (κ2) is 11.4. The zero-order valence-electron chi connectivity index (χ0n) is 23.2. The number of carbonyl (C=O) groups excluding carboxylic acids is 1. The number of rotatable bonds is 7. The van der Waals surface area contributed by atoms with Crippen molar-refractivity contribution in [3.8, 4) is 5.69 Å². The number of hydrogen-bond acceptors (Lipinski definition) is 4. The highest BCUT2D eigenvalue weighted by atomic mass is 35.5. The maximum Gasteiger partial charge on any atom is 0.250 e. The molecule has 2 N–H and O–H groups in total. The molecule has 0 bridgehead atoms. The van der Waals surface area contributed by atoms with Gasteiger partial charge < -0.3 is 24.8 Å². The van der Waals surface area contributed by atoms with Crippen LogP contribution in [0.4, 0.5) is 11.4 Å². The summed E-state index contributed by atoms with van der Waals surface area (Å²) in [5.74, 6) is -0.276. The summed E-state index contributed by atoms with van der Waals surface area (Å²) in [6.07, 6.45) is 1.80. The largest absolute Gasteiger partial charge is 0.375 e. The van der Waals surface area contributed by atoms with Gasteiger partial charge in [-0.15, -0.1) is 0 Å². The van der Waals surface area contributed by atoms with Gasteiger partial charge in [-0.3, -0.25) is 9.78 Å². The quantitative estimate of drug-likeness (QED) is 0.245. The van der Waals surface area contributed by atoms with E-state index in [9.17, 15) is 4.79 Å². The highest BCUT2D eigenvalue weighted by Gasteiger charge is 2.42. The van der Waals surface area contributed by atoms with Crippen LogP contribution in [0.5, 0.6) is 0 Å². The first-order chi connectivity index (χ1) is 19.2. The number of methoxy groups -OCH3 is 1. The van der Waals surface area contributed by atoms with Gasteiger partial charge in [0.2, 0.25) is 5.91 Å². The Balaban J connectivity index is 1.62. The van der Waals surface area contributed by atoms with Crippen molar-refractivity contribution < 1.29 is 9.53 Å². The van der Waals surface area contributed by atoms with Crippen molar-refractivity contribution in [2.24, 2.45) is 0 Å². The van der Waals surface area contributed by atoms with Gasteiger partial charge >= 0.3 is 0 Å². The lowest BCUT2D eigenvalue weighted by molar-refractivity contribution is -0.119. The highest BCUT2D eigenvalue weighted by Crippen LogP contribution is 2.44. The summed E-state index contributed by atoms with van der Waals surface area (Å²) in [5.41, 5.74) is 9.16. The minimum atomic E-state index is -0.276. The van der Waals surface area contributed by atoms with Gasteiger partial charge in [-0.2, -0.15) is 0 Å². The number of thiocarbonyl (C=S) groups is 1. The molecule has 3 heterocycles. The van der Waals surface area contributed by atoms with Gasteiger partial charge in [-0.05, 0) is 105 Å². The Morgan fingerprint density at radius 3 is 2.45 bits per heavy atom. The molecular formula is C31H32ClN5O2S. The molecule has 5 rings (SSSR count). The van der Waals surface area contributed by atoms with E-state index < -0.39 is 0 Å². The molecule has 40 heavy (non-hydrogen) atoms. The van der Waals surface area contributed by atoms with Crippen molar-refractivity contribution in [3.63, 3.8) is 0 Å². The van der Waals surface area contributed by atoms with Gasteiger partial charge in [0.1, 0.15) is 6.61 Å². The normalized spacial score (nSPS) is 16.8. The minimum absolute atomic E-state index is 0.0535. The third kappa shape index (κ3) is 5.35. The maximum atomic E-state index is 12.1. The molecule has 0 spiro atoms. The van der Waals surface area contributed by atoms with E-state index in [1.807, 2.05) is 30.3 Å². The van der Waals surface area contributed by atoms with E-state index in [1.54, 1.807) is 12.3 Å². The molecular weight excluding hydrogens is 542 g/mol. The number of ether oxygens (including phenoxy) is 1. The van der Waals surface area contributed by atoms with Crippen LogP contribution in [0.3, 0.4) is 0 Å². The number of halogens is 1.